The van der Waals surface area contributed by atoms with Gasteiger partial charge >= 0.3 is 0 Å². The summed E-state index contributed by atoms with van der Waals surface area (Å²) in [6, 6.07) is 18.3. The zero-order chi connectivity index (χ0) is 11.2. The fourth-order valence-electron chi connectivity index (χ4n) is 1.37. The Morgan fingerprint density at radius 2 is 1.62 bits per heavy atom. The summed E-state index contributed by atoms with van der Waals surface area (Å²) >= 11 is 0. The van der Waals surface area contributed by atoms with Gasteiger partial charge in [-0.3, -0.25) is 0 Å². The largest absolute Gasteiger partial charge is 0.442 e. The van der Waals surface area contributed by atoms with E-state index in [2.05, 4.69) is 30.4 Å². The van der Waals surface area contributed by atoms with Crippen molar-refractivity contribution in [2.45, 2.75) is 6.61 Å². The lowest BCUT2D eigenvalue weighted by Gasteiger charge is -1.95. The van der Waals surface area contributed by atoms with Crippen LogP contribution in [0.1, 0.15) is 5.56 Å². The second kappa shape index (κ2) is 5.04. The van der Waals surface area contributed by atoms with Gasteiger partial charge in [0.1, 0.15) is 12.7 Å². The predicted molar refractivity (Wildman–Crippen MR) is 65.5 cm³/mol. The minimum absolute atomic E-state index is 0.497. The van der Waals surface area contributed by atoms with E-state index in [9.17, 15) is 0 Å². The van der Waals surface area contributed by atoms with Gasteiger partial charge in [-0.15, -0.1) is 0 Å². The molecule has 0 unspecified atom stereocenters. The molecule has 1 aromatic rings. The van der Waals surface area contributed by atoms with Crippen molar-refractivity contribution < 1.29 is 4.74 Å². The van der Waals surface area contributed by atoms with E-state index in [-0.39, 0.29) is 0 Å². The normalized spacial score (nSPS) is 9.44. The lowest BCUT2D eigenvalue weighted by Crippen LogP contribution is -1.84. The molecule has 0 spiro atoms. The quantitative estimate of drug-likeness (QED) is 0.586. The lowest BCUT2D eigenvalue weighted by molar-refractivity contribution is 0.265. The van der Waals surface area contributed by atoms with E-state index >= 15 is 0 Å². The molecular formula is C15H12O. The Kier molecular flexibility index (Phi) is 3.25. The van der Waals surface area contributed by atoms with Crippen LogP contribution in [0.4, 0.5) is 0 Å². The molecule has 1 nitrogen and oxygen atoms in total. The van der Waals surface area contributed by atoms with E-state index in [1.807, 2.05) is 30.3 Å². The van der Waals surface area contributed by atoms with Crippen LogP contribution >= 0.6 is 0 Å². The zero-order valence-corrected chi connectivity index (χ0v) is 8.89. The van der Waals surface area contributed by atoms with Crippen molar-refractivity contribution >= 4 is 0 Å². The van der Waals surface area contributed by atoms with Crippen molar-refractivity contribution in [3.63, 3.8) is 0 Å². The van der Waals surface area contributed by atoms with Gasteiger partial charge in [0.05, 0.1) is 0 Å². The van der Waals surface area contributed by atoms with Crippen LogP contribution in [0.5, 0.6) is 0 Å². The van der Waals surface area contributed by atoms with Crippen LogP contribution in [0.25, 0.3) is 11.1 Å². The summed E-state index contributed by atoms with van der Waals surface area (Å²) in [6.07, 6.45) is 7.02. The second-order valence-electron chi connectivity index (χ2n) is 3.47. The molecule has 78 valence electrons. The van der Waals surface area contributed by atoms with Crippen molar-refractivity contribution in [1.82, 2.24) is 0 Å². The summed E-state index contributed by atoms with van der Waals surface area (Å²) < 4.78 is 4.75. The van der Waals surface area contributed by atoms with Crippen molar-refractivity contribution in [2.24, 2.45) is 0 Å². The highest BCUT2D eigenvalue weighted by Crippen LogP contribution is 2.32. The van der Waals surface area contributed by atoms with E-state index in [1.165, 1.54) is 11.1 Å². The van der Waals surface area contributed by atoms with Crippen LogP contribution in [0, 0.1) is 12.5 Å². The Balaban J connectivity index is 0.000000134. The predicted octanol–water partition coefficient (Wildman–Crippen LogP) is 3.46. The SMILES string of the molecule is C#COCc1ccccc1.c1cc2cc-2c1. The van der Waals surface area contributed by atoms with E-state index in [0.717, 1.165) is 5.56 Å². The molecule has 1 heteroatoms. The molecule has 0 atom stereocenters. The van der Waals surface area contributed by atoms with Gasteiger partial charge in [0.15, 0.2) is 0 Å². The van der Waals surface area contributed by atoms with Crippen LogP contribution < -0.4 is 0 Å². The second-order valence-corrected chi connectivity index (χ2v) is 3.47. The van der Waals surface area contributed by atoms with Crippen LogP contribution in [0.3, 0.4) is 0 Å². The summed E-state index contributed by atoms with van der Waals surface area (Å²) in [4.78, 5) is 0. The summed E-state index contributed by atoms with van der Waals surface area (Å²) in [6.45, 7) is 0.497. The van der Waals surface area contributed by atoms with Gasteiger partial charge < -0.3 is 4.74 Å². The van der Waals surface area contributed by atoms with E-state index < -0.39 is 0 Å². The van der Waals surface area contributed by atoms with Crippen LogP contribution in [-0.2, 0) is 11.3 Å². The third kappa shape index (κ3) is 2.90. The third-order valence-corrected chi connectivity index (χ3v) is 2.28. The number of rotatable bonds is 2. The number of hydrogen-bond acceptors (Lipinski definition) is 1. The van der Waals surface area contributed by atoms with Gasteiger partial charge in [-0.25, -0.2) is 0 Å². The molecule has 2 aliphatic carbocycles. The maximum atomic E-state index is 4.90. The summed E-state index contributed by atoms with van der Waals surface area (Å²) in [7, 11) is 0. The molecule has 0 radical (unpaired) electrons. The Hall–Kier alpha value is -2.20. The molecule has 2 aliphatic rings. The average Bonchev–Trinajstić information content (AvgIpc) is 2.96. The lowest BCUT2D eigenvalue weighted by atomic mass is 10.2. The molecule has 0 fully saturated rings. The molecule has 16 heavy (non-hydrogen) atoms. The first-order chi connectivity index (χ1) is 7.90. The van der Waals surface area contributed by atoms with Crippen molar-refractivity contribution in [3.8, 4) is 23.7 Å². The van der Waals surface area contributed by atoms with Gasteiger partial charge in [-0.1, -0.05) is 55.0 Å². The van der Waals surface area contributed by atoms with Gasteiger partial charge in [0.2, 0.25) is 0 Å². The molecule has 0 aromatic heterocycles. The number of terminal acetylenes is 1. The van der Waals surface area contributed by atoms with Crippen LogP contribution in [0.2, 0.25) is 0 Å². The molecule has 0 aliphatic heterocycles. The molecule has 0 amide bonds. The first-order valence-corrected chi connectivity index (χ1v) is 5.12. The Morgan fingerprint density at radius 1 is 0.938 bits per heavy atom. The fraction of sp³-hybridized carbons (Fsp3) is 0.0667. The molecule has 0 saturated carbocycles. The van der Waals surface area contributed by atoms with Gasteiger partial charge in [-0.2, -0.15) is 0 Å². The first-order valence-electron chi connectivity index (χ1n) is 5.12. The molecule has 0 bridgehead atoms. The van der Waals surface area contributed by atoms with Gasteiger partial charge in [0.25, 0.3) is 0 Å². The maximum Gasteiger partial charge on any atom is 0.125 e. The van der Waals surface area contributed by atoms with Crippen molar-refractivity contribution in [2.75, 3.05) is 0 Å². The Labute approximate surface area is 95.7 Å². The minimum atomic E-state index is 0.497. The van der Waals surface area contributed by atoms with Gasteiger partial charge in [0, 0.05) is 0 Å². The van der Waals surface area contributed by atoms with Crippen LogP contribution in [-0.4, -0.2) is 0 Å². The van der Waals surface area contributed by atoms with E-state index in [1.54, 1.807) is 0 Å². The summed E-state index contributed by atoms with van der Waals surface area (Å²) in [5.41, 5.74) is 3.95. The topological polar surface area (TPSA) is 9.23 Å². The highest BCUT2D eigenvalue weighted by molar-refractivity contribution is 5.80. The number of hydrogen-bond donors (Lipinski definition) is 0. The molecule has 0 heterocycles. The van der Waals surface area contributed by atoms with E-state index in [0.29, 0.717) is 6.61 Å². The average molecular weight is 208 g/mol. The highest BCUT2D eigenvalue weighted by atomic mass is 16.5. The molecule has 1 aromatic carbocycles. The molecule has 0 saturated heterocycles. The van der Waals surface area contributed by atoms with Crippen molar-refractivity contribution in [3.05, 3.63) is 60.2 Å². The fourth-order valence-corrected chi connectivity index (χ4v) is 1.37. The zero-order valence-electron chi connectivity index (χ0n) is 8.89. The van der Waals surface area contributed by atoms with Crippen molar-refractivity contribution in [1.29, 1.82) is 0 Å². The number of fused-ring (bicyclic) bond motifs is 1. The number of benzene rings is 2. The molecule has 3 rings (SSSR count). The Morgan fingerprint density at radius 3 is 2.06 bits per heavy atom. The van der Waals surface area contributed by atoms with Gasteiger partial charge in [-0.05, 0) is 22.8 Å². The standard InChI is InChI=1S/C9H8O.C6H4/c1-2-10-8-9-6-4-3-5-7-9;1-2-5-4-6(5)3-1/h1,3-7H,8H2;1-4H. The Bertz CT molecular complexity index is 477. The summed E-state index contributed by atoms with van der Waals surface area (Å²) in [5.74, 6) is 0. The molecule has 0 N–H and O–H groups in total. The molecular weight excluding hydrogens is 196 g/mol. The first kappa shape index (κ1) is 10.3. The maximum absolute atomic E-state index is 4.90. The van der Waals surface area contributed by atoms with Crippen LogP contribution in [0.15, 0.2) is 54.6 Å². The number of ether oxygens (including phenoxy) is 1. The van der Waals surface area contributed by atoms with E-state index in [4.69, 9.17) is 11.2 Å². The minimum Gasteiger partial charge on any atom is -0.442 e. The third-order valence-electron chi connectivity index (χ3n) is 2.28. The smallest absolute Gasteiger partial charge is 0.125 e. The summed E-state index contributed by atoms with van der Waals surface area (Å²) in [5, 5.41) is 0. The monoisotopic (exact) mass is 208 g/mol. The highest BCUT2D eigenvalue weighted by Gasteiger charge is 2.06.